The number of hydrogen-bond donors (Lipinski definition) is 2. The summed E-state index contributed by atoms with van der Waals surface area (Å²) < 4.78 is 5.48. The molecule has 0 spiro atoms. The van der Waals surface area contributed by atoms with Crippen molar-refractivity contribution >= 4 is 23.5 Å². The van der Waals surface area contributed by atoms with Gasteiger partial charge in [-0.25, -0.2) is 0 Å². The number of thiocarbonyl (C=S) groups is 1. The lowest BCUT2D eigenvalue weighted by Gasteiger charge is -2.31. The second-order valence-electron chi connectivity index (χ2n) is 5.67. The first-order valence-corrected chi connectivity index (χ1v) is 7.77. The normalized spacial score (nSPS) is 11.6. The predicted molar refractivity (Wildman–Crippen MR) is 96.3 cm³/mol. The lowest BCUT2D eigenvalue weighted by Crippen LogP contribution is -2.36. The number of hydrazone groups is 1. The van der Waals surface area contributed by atoms with Crippen LogP contribution in [0.3, 0.4) is 0 Å². The molecule has 0 aliphatic heterocycles. The zero-order valence-electron chi connectivity index (χ0n) is 14.0. The number of ether oxygens (including phenoxy) is 1. The van der Waals surface area contributed by atoms with Gasteiger partial charge in [-0.3, -0.25) is 10.3 Å². The van der Waals surface area contributed by atoms with Crippen molar-refractivity contribution in [3.8, 4) is 5.75 Å². The molecule has 22 heavy (non-hydrogen) atoms. The van der Waals surface area contributed by atoms with Crippen molar-refractivity contribution in [2.45, 2.75) is 46.3 Å². The van der Waals surface area contributed by atoms with E-state index in [0.717, 1.165) is 23.4 Å². The van der Waals surface area contributed by atoms with Gasteiger partial charge < -0.3 is 10.5 Å². The number of nitrogens with one attached hydrogen (secondary N) is 1. The maximum absolute atomic E-state index is 5.48. The summed E-state index contributed by atoms with van der Waals surface area (Å²) in [6, 6.07) is 6.89. The summed E-state index contributed by atoms with van der Waals surface area (Å²) in [6.07, 6.45) is 1.69. The fraction of sp³-hybridized carbons (Fsp3) is 0.500. The van der Waals surface area contributed by atoms with E-state index in [1.165, 1.54) is 0 Å². The van der Waals surface area contributed by atoms with E-state index in [-0.39, 0.29) is 5.11 Å². The fourth-order valence-corrected chi connectivity index (χ4v) is 2.38. The van der Waals surface area contributed by atoms with Gasteiger partial charge in [-0.15, -0.1) is 0 Å². The maximum atomic E-state index is 5.48. The highest BCUT2D eigenvalue weighted by atomic mass is 32.1. The van der Waals surface area contributed by atoms with Crippen molar-refractivity contribution in [1.82, 2.24) is 10.3 Å². The van der Waals surface area contributed by atoms with E-state index in [1.54, 1.807) is 13.3 Å². The van der Waals surface area contributed by atoms with Crippen LogP contribution in [0.15, 0.2) is 23.3 Å². The minimum absolute atomic E-state index is 0.149. The minimum Gasteiger partial charge on any atom is -0.496 e. The van der Waals surface area contributed by atoms with Crippen molar-refractivity contribution in [2.75, 3.05) is 7.11 Å². The summed E-state index contributed by atoms with van der Waals surface area (Å²) in [5, 5.41) is 4.14. The highest BCUT2D eigenvalue weighted by Crippen LogP contribution is 2.23. The van der Waals surface area contributed by atoms with Gasteiger partial charge in [0.05, 0.1) is 13.3 Å². The van der Waals surface area contributed by atoms with Gasteiger partial charge in [-0.2, -0.15) is 5.10 Å². The summed E-state index contributed by atoms with van der Waals surface area (Å²) in [5.41, 5.74) is 9.99. The molecule has 0 radical (unpaired) electrons. The molecule has 0 saturated heterocycles. The molecule has 0 bridgehead atoms. The average Bonchev–Trinajstić information content (AvgIpc) is 2.43. The molecule has 0 aliphatic rings. The molecule has 6 heteroatoms. The van der Waals surface area contributed by atoms with Crippen LogP contribution in [-0.4, -0.2) is 35.4 Å². The third-order valence-corrected chi connectivity index (χ3v) is 3.46. The van der Waals surface area contributed by atoms with Crippen LogP contribution in [0.4, 0.5) is 0 Å². The quantitative estimate of drug-likeness (QED) is 0.459. The molecule has 1 aromatic rings. The molecule has 0 aromatic heterocycles. The van der Waals surface area contributed by atoms with Crippen LogP contribution >= 0.6 is 12.2 Å². The third-order valence-electron chi connectivity index (χ3n) is 3.37. The number of hydrogen-bond acceptors (Lipinski definition) is 4. The van der Waals surface area contributed by atoms with Crippen LogP contribution in [0.2, 0.25) is 0 Å². The highest BCUT2D eigenvalue weighted by molar-refractivity contribution is 7.80. The van der Waals surface area contributed by atoms with Gasteiger partial charge in [-0.05, 0) is 63.7 Å². The van der Waals surface area contributed by atoms with Gasteiger partial charge in [0.15, 0.2) is 5.11 Å². The number of methoxy groups -OCH3 is 1. The third kappa shape index (κ3) is 5.61. The van der Waals surface area contributed by atoms with Crippen molar-refractivity contribution in [2.24, 2.45) is 10.8 Å². The van der Waals surface area contributed by atoms with Gasteiger partial charge in [0.25, 0.3) is 0 Å². The van der Waals surface area contributed by atoms with Gasteiger partial charge in [0.1, 0.15) is 5.75 Å². The lowest BCUT2D eigenvalue weighted by atomic mass is 10.1. The van der Waals surface area contributed by atoms with E-state index in [9.17, 15) is 0 Å². The van der Waals surface area contributed by atoms with Gasteiger partial charge in [0, 0.05) is 24.2 Å². The molecular formula is C16H26N4OS. The number of rotatable bonds is 7. The standard InChI is InChI=1S/C16H26N4OS/c1-11(2)20(12(3)4)10-14-8-13(6-7-15(14)21-5)9-18-19-16(17)22/h6-9,11-12H,10H2,1-5H3,(H3,17,19,22). The van der Waals surface area contributed by atoms with Crippen LogP contribution in [0, 0.1) is 0 Å². The molecular weight excluding hydrogens is 296 g/mol. The topological polar surface area (TPSA) is 62.9 Å². The Labute approximate surface area is 138 Å². The minimum atomic E-state index is 0.149. The molecule has 0 aliphatic carbocycles. The summed E-state index contributed by atoms with van der Waals surface area (Å²) in [7, 11) is 1.69. The first-order valence-electron chi connectivity index (χ1n) is 7.36. The molecule has 0 unspecified atom stereocenters. The molecule has 0 atom stereocenters. The predicted octanol–water partition coefficient (Wildman–Crippen LogP) is 2.48. The molecule has 0 heterocycles. The molecule has 0 amide bonds. The molecule has 1 aromatic carbocycles. The first kappa shape index (κ1) is 18.4. The van der Waals surface area contributed by atoms with E-state index >= 15 is 0 Å². The molecule has 122 valence electrons. The first-order chi connectivity index (χ1) is 10.3. The zero-order chi connectivity index (χ0) is 16.7. The molecule has 0 saturated carbocycles. The summed E-state index contributed by atoms with van der Waals surface area (Å²) in [5.74, 6) is 0.880. The van der Waals surface area contributed by atoms with Crippen LogP contribution in [0.5, 0.6) is 5.75 Å². The number of nitrogens with zero attached hydrogens (tertiary/aromatic N) is 2. The van der Waals surface area contributed by atoms with Gasteiger partial charge in [-0.1, -0.05) is 0 Å². The smallest absolute Gasteiger partial charge is 0.184 e. The largest absolute Gasteiger partial charge is 0.496 e. The summed E-state index contributed by atoms with van der Waals surface area (Å²) in [4.78, 5) is 2.41. The Morgan fingerprint density at radius 2 is 2.00 bits per heavy atom. The Hall–Kier alpha value is -1.66. The van der Waals surface area contributed by atoms with Crippen molar-refractivity contribution in [3.05, 3.63) is 29.3 Å². The van der Waals surface area contributed by atoms with Crippen molar-refractivity contribution in [3.63, 3.8) is 0 Å². The Balaban J connectivity index is 3.00. The van der Waals surface area contributed by atoms with Crippen LogP contribution in [-0.2, 0) is 6.54 Å². The second kappa shape index (κ2) is 8.70. The number of nitrogens with two attached hydrogens (primary N) is 1. The summed E-state index contributed by atoms with van der Waals surface area (Å²) in [6.45, 7) is 9.62. The highest BCUT2D eigenvalue weighted by Gasteiger charge is 2.16. The van der Waals surface area contributed by atoms with Crippen LogP contribution < -0.4 is 15.9 Å². The van der Waals surface area contributed by atoms with E-state index < -0.39 is 0 Å². The van der Waals surface area contributed by atoms with E-state index in [2.05, 4.69) is 49.2 Å². The van der Waals surface area contributed by atoms with Gasteiger partial charge >= 0.3 is 0 Å². The summed E-state index contributed by atoms with van der Waals surface area (Å²) >= 11 is 4.72. The van der Waals surface area contributed by atoms with Crippen LogP contribution in [0.25, 0.3) is 0 Å². The fourth-order valence-electron chi connectivity index (χ4n) is 2.33. The average molecular weight is 322 g/mol. The molecule has 3 N–H and O–H groups in total. The van der Waals surface area contributed by atoms with Crippen LogP contribution in [0.1, 0.15) is 38.8 Å². The zero-order valence-corrected chi connectivity index (χ0v) is 14.8. The lowest BCUT2D eigenvalue weighted by molar-refractivity contribution is 0.164. The molecule has 5 nitrogen and oxygen atoms in total. The Morgan fingerprint density at radius 1 is 1.36 bits per heavy atom. The van der Waals surface area contributed by atoms with E-state index in [1.807, 2.05) is 12.1 Å². The van der Waals surface area contributed by atoms with E-state index in [4.69, 9.17) is 22.7 Å². The SMILES string of the molecule is COc1ccc(C=NNC(N)=S)cc1CN(C(C)C)C(C)C. The Morgan fingerprint density at radius 3 is 2.50 bits per heavy atom. The van der Waals surface area contributed by atoms with Gasteiger partial charge in [0.2, 0.25) is 0 Å². The monoisotopic (exact) mass is 322 g/mol. The maximum Gasteiger partial charge on any atom is 0.184 e. The van der Waals surface area contributed by atoms with E-state index in [0.29, 0.717) is 12.1 Å². The van der Waals surface area contributed by atoms with Crippen molar-refractivity contribution < 1.29 is 4.74 Å². The second-order valence-corrected chi connectivity index (χ2v) is 6.11. The Bertz CT molecular complexity index is 521. The number of benzene rings is 1. The molecule has 1 rings (SSSR count). The molecule has 0 fully saturated rings. The van der Waals surface area contributed by atoms with Crippen molar-refractivity contribution in [1.29, 1.82) is 0 Å². The Kier molecular flexibility index (Phi) is 7.27.